The predicted molar refractivity (Wildman–Crippen MR) is 127 cm³/mol. The minimum atomic E-state index is -1.04. The SMILES string of the molecule is Cc1noc(C)c1-c1ccc2c(c1)nc(C1CCOC(=O)N1c1ccc(F)c(F)c1)n2[C@H]1CCOC1. The van der Waals surface area contributed by atoms with Crippen molar-refractivity contribution in [1.82, 2.24) is 14.7 Å². The number of hydrogen-bond donors (Lipinski definition) is 0. The highest BCUT2D eigenvalue weighted by molar-refractivity contribution is 5.90. The zero-order valence-corrected chi connectivity index (χ0v) is 19.8. The highest BCUT2D eigenvalue weighted by atomic mass is 19.2. The van der Waals surface area contributed by atoms with Crippen molar-refractivity contribution in [3.63, 3.8) is 0 Å². The zero-order valence-electron chi connectivity index (χ0n) is 19.8. The first-order valence-corrected chi connectivity index (χ1v) is 11.9. The van der Waals surface area contributed by atoms with E-state index in [0.717, 1.165) is 52.2 Å². The van der Waals surface area contributed by atoms with Crippen LogP contribution in [0, 0.1) is 25.5 Å². The lowest BCUT2D eigenvalue weighted by Gasteiger charge is -2.35. The molecule has 2 aromatic carbocycles. The Morgan fingerprint density at radius 1 is 1.03 bits per heavy atom. The van der Waals surface area contributed by atoms with Crippen LogP contribution in [0.3, 0.4) is 0 Å². The molecule has 4 aromatic rings. The molecule has 0 aliphatic carbocycles. The molecule has 0 radical (unpaired) electrons. The first-order valence-electron chi connectivity index (χ1n) is 11.9. The molecule has 1 amide bonds. The number of hydrogen-bond acceptors (Lipinski definition) is 6. The van der Waals surface area contributed by atoms with Crippen molar-refractivity contribution in [2.75, 3.05) is 24.7 Å². The quantitative estimate of drug-likeness (QED) is 0.365. The van der Waals surface area contributed by atoms with E-state index in [1.165, 1.54) is 11.0 Å². The first-order chi connectivity index (χ1) is 17.4. The lowest BCUT2D eigenvalue weighted by molar-refractivity contribution is 0.127. The monoisotopic (exact) mass is 494 g/mol. The fourth-order valence-electron chi connectivity index (χ4n) is 5.26. The van der Waals surface area contributed by atoms with Crippen LogP contribution < -0.4 is 4.90 Å². The number of benzene rings is 2. The van der Waals surface area contributed by atoms with Crippen LogP contribution in [-0.4, -0.2) is 40.6 Å². The van der Waals surface area contributed by atoms with Crippen LogP contribution in [0.15, 0.2) is 40.9 Å². The number of amides is 1. The lowest BCUT2D eigenvalue weighted by atomic mass is 10.0. The van der Waals surface area contributed by atoms with Gasteiger partial charge in [-0.25, -0.2) is 18.6 Å². The van der Waals surface area contributed by atoms with Crippen LogP contribution in [0.25, 0.3) is 22.2 Å². The first kappa shape index (κ1) is 22.7. The minimum absolute atomic E-state index is 0.0275. The molecule has 10 heteroatoms. The Balaban J connectivity index is 1.52. The Kier molecular flexibility index (Phi) is 5.48. The summed E-state index contributed by atoms with van der Waals surface area (Å²) in [5.74, 6) is -0.651. The summed E-state index contributed by atoms with van der Waals surface area (Å²) in [4.78, 5) is 19.3. The number of carbonyl (C=O) groups excluding carboxylic acids is 1. The largest absolute Gasteiger partial charge is 0.449 e. The number of ether oxygens (including phenoxy) is 2. The molecule has 4 heterocycles. The summed E-state index contributed by atoms with van der Waals surface area (Å²) in [5.41, 5.74) is 4.50. The van der Waals surface area contributed by atoms with Crippen LogP contribution in [0.2, 0.25) is 0 Å². The van der Waals surface area contributed by atoms with Gasteiger partial charge >= 0.3 is 6.09 Å². The third-order valence-electron chi connectivity index (χ3n) is 6.91. The Morgan fingerprint density at radius 3 is 2.61 bits per heavy atom. The Labute approximate surface area is 205 Å². The molecule has 2 fully saturated rings. The summed E-state index contributed by atoms with van der Waals surface area (Å²) in [6.07, 6.45) is 0.611. The second kappa shape index (κ2) is 8.70. The zero-order chi connectivity index (χ0) is 25.0. The fourth-order valence-corrected chi connectivity index (χ4v) is 5.26. The van der Waals surface area contributed by atoms with Gasteiger partial charge in [-0.2, -0.15) is 0 Å². The highest BCUT2D eigenvalue weighted by Crippen LogP contribution is 2.39. The summed E-state index contributed by atoms with van der Waals surface area (Å²) in [5, 5.41) is 4.06. The predicted octanol–water partition coefficient (Wildman–Crippen LogP) is 5.64. The Morgan fingerprint density at radius 2 is 1.89 bits per heavy atom. The number of carbonyl (C=O) groups is 1. The van der Waals surface area contributed by atoms with E-state index < -0.39 is 23.8 Å². The van der Waals surface area contributed by atoms with Gasteiger partial charge in [0.1, 0.15) is 17.6 Å². The summed E-state index contributed by atoms with van der Waals surface area (Å²) >= 11 is 0. The number of fused-ring (bicyclic) bond motifs is 1. The van der Waals surface area contributed by atoms with Crippen molar-refractivity contribution < 1.29 is 27.6 Å². The molecule has 0 saturated carbocycles. The van der Waals surface area contributed by atoms with Crippen molar-refractivity contribution >= 4 is 22.8 Å². The standard InChI is InChI=1S/C26H24F2N4O4/c1-14-24(15(2)36-30-14)16-3-6-22-21(11-16)29-25(31(22)18-7-9-34-13-18)23-8-10-35-26(33)32(23)17-4-5-19(27)20(28)12-17/h3-6,11-12,18,23H,7-10,13H2,1-2H3/t18-,23?/m0/s1. The van der Waals surface area contributed by atoms with Crippen LogP contribution in [0.5, 0.6) is 0 Å². The van der Waals surface area contributed by atoms with Gasteiger partial charge in [-0.3, -0.25) is 4.90 Å². The van der Waals surface area contributed by atoms with Crippen molar-refractivity contribution in [3.05, 3.63) is 65.3 Å². The maximum absolute atomic E-state index is 14.1. The number of rotatable bonds is 4. The van der Waals surface area contributed by atoms with Gasteiger partial charge in [0, 0.05) is 24.7 Å². The number of aryl methyl sites for hydroxylation is 2. The molecule has 8 nitrogen and oxygen atoms in total. The molecular formula is C26H24F2N4O4. The third kappa shape index (κ3) is 3.63. The molecule has 2 aliphatic rings. The Hall–Kier alpha value is -3.79. The van der Waals surface area contributed by atoms with Gasteiger partial charge in [-0.05, 0) is 50.1 Å². The van der Waals surface area contributed by atoms with E-state index in [1.807, 2.05) is 32.0 Å². The summed E-state index contributed by atoms with van der Waals surface area (Å²) in [7, 11) is 0. The van der Waals surface area contributed by atoms with E-state index in [4.69, 9.17) is 19.0 Å². The van der Waals surface area contributed by atoms with E-state index >= 15 is 0 Å². The van der Waals surface area contributed by atoms with E-state index in [1.54, 1.807) is 0 Å². The number of imidazole rings is 1. The summed E-state index contributed by atoms with van der Waals surface area (Å²) in [6, 6.07) is 8.89. The molecule has 36 heavy (non-hydrogen) atoms. The second-order valence-electron chi connectivity index (χ2n) is 9.15. The molecule has 6 rings (SSSR count). The number of nitrogens with zero attached hydrogens (tertiary/aromatic N) is 4. The number of aromatic nitrogens is 3. The van der Waals surface area contributed by atoms with Crippen LogP contribution in [-0.2, 0) is 9.47 Å². The van der Waals surface area contributed by atoms with E-state index in [2.05, 4.69) is 9.72 Å². The van der Waals surface area contributed by atoms with Gasteiger partial charge in [0.05, 0.1) is 41.7 Å². The molecule has 0 N–H and O–H groups in total. The van der Waals surface area contributed by atoms with Crippen LogP contribution in [0.4, 0.5) is 19.3 Å². The maximum atomic E-state index is 14.1. The Bertz CT molecular complexity index is 1450. The number of cyclic esters (lactones) is 1. The normalized spacial score (nSPS) is 20.3. The number of halogens is 2. The maximum Gasteiger partial charge on any atom is 0.414 e. The van der Waals surface area contributed by atoms with Crippen molar-refractivity contribution in [3.8, 4) is 11.1 Å². The third-order valence-corrected chi connectivity index (χ3v) is 6.91. The summed E-state index contributed by atoms with van der Waals surface area (Å²) < 4.78 is 46.2. The van der Waals surface area contributed by atoms with Gasteiger partial charge in [-0.1, -0.05) is 11.2 Å². The van der Waals surface area contributed by atoms with E-state index in [0.29, 0.717) is 25.5 Å². The average Bonchev–Trinajstić information content (AvgIpc) is 3.59. The molecular weight excluding hydrogens is 470 g/mol. The van der Waals surface area contributed by atoms with Gasteiger partial charge in [0.25, 0.3) is 0 Å². The average molecular weight is 494 g/mol. The van der Waals surface area contributed by atoms with Crippen LogP contribution >= 0.6 is 0 Å². The molecule has 186 valence electrons. The van der Waals surface area contributed by atoms with E-state index in [-0.39, 0.29) is 18.3 Å². The highest BCUT2D eigenvalue weighted by Gasteiger charge is 2.37. The molecule has 2 atom stereocenters. The smallest absolute Gasteiger partial charge is 0.414 e. The van der Waals surface area contributed by atoms with Gasteiger partial charge in [-0.15, -0.1) is 0 Å². The molecule has 2 aliphatic heterocycles. The molecule has 0 spiro atoms. The second-order valence-corrected chi connectivity index (χ2v) is 9.15. The molecule has 1 unspecified atom stereocenters. The van der Waals surface area contributed by atoms with E-state index in [9.17, 15) is 13.6 Å². The minimum Gasteiger partial charge on any atom is -0.449 e. The van der Waals surface area contributed by atoms with Crippen LogP contribution in [0.1, 0.15) is 42.2 Å². The van der Waals surface area contributed by atoms with Gasteiger partial charge in [0.15, 0.2) is 11.6 Å². The van der Waals surface area contributed by atoms with Crippen molar-refractivity contribution in [2.24, 2.45) is 0 Å². The fraction of sp³-hybridized carbons (Fsp3) is 0.346. The van der Waals surface area contributed by atoms with Gasteiger partial charge in [0.2, 0.25) is 0 Å². The molecule has 2 saturated heterocycles. The summed E-state index contributed by atoms with van der Waals surface area (Å²) in [6.45, 7) is 5.10. The van der Waals surface area contributed by atoms with Gasteiger partial charge < -0.3 is 18.6 Å². The number of anilines is 1. The molecule has 2 aromatic heterocycles. The molecule has 0 bridgehead atoms. The van der Waals surface area contributed by atoms with Crippen molar-refractivity contribution in [1.29, 1.82) is 0 Å². The lowest BCUT2D eigenvalue weighted by Crippen LogP contribution is -2.42. The topological polar surface area (TPSA) is 82.6 Å². The van der Waals surface area contributed by atoms with Crippen molar-refractivity contribution in [2.45, 2.75) is 38.8 Å².